The van der Waals surface area contributed by atoms with Crippen molar-refractivity contribution in [1.82, 2.24) is 10.2 Å². The summed E-state index contributed by atoms with van der Waals surface area (Å²) in [5.41, 5.74) is 0.565. The van der Waals surface area contributed by atoms with Crippen molar-refractivity contribution < 1.29 is 4.79 Å². The van der Waals surface area contributed by atoms with Crippen LogP contribution in [-0.2, 0) is 0 Å². The third-order valence-corrected chi connectivity index (χ3v) is 4.70. The number of carbonyl (C=O) groups excluding carboxylic acids is 1. The number of piperidine rings is 1. The van der Waals surface area contributed by atoms with Crippen LogP contribution in [0.2, 0.25) is 5.02 Å². The van der Waals surface area contributed by atoms with Gasteiger partial charge >= 0.3 is 0 Å². The number of halogens is 2. The minimum atomic E-state index is 0.00340. The van der Waals surface area contributed by atoms with Crippen LogP contribution in [-0.4, -0.2) is 36.0 Å². The number of hydrogen-bond acceptors (Lipinski definition) is 2. The molecule has 1 aliphatic rings. The van der Waals surface area contributed by atoms with E-state index in [4.69, 9.17) is 11.6 Å². The lowest BCUT2D eigenvalue weighted by molar-refractivity contribution is 0.0677. The van der Waals surface area contributed by atoms with Gasteiger partial charge in [0.25, 0.3) is 5.91 Å². The van der Waals surface area contributed by atoms with Gasteiger partial charge in [-0.2, -0.15) is 0 Å². The summed E-state index contributed by atoms with van der Waals surface area (Å²) in [6.45, 7) is 5.88. The van der Waals surface area contributed by atoms with Gasteiger partial charge in [-0.05, 0) is 51.4 Å². The summed E-state index contributed by atoms with van der Waals surface area (Å²) in [4.78, 5) is 14.7. The summed E-state index contributed by atoms with van der Waals surface area (Å²) in [6.07, 6.45) is 3.59. The van der Waals surface area contributed by atoms with Crippen molar-refractivity contribution >= 4 is 33.4 Å². The van der Waals surface area contributed by atoms with E-state index in [1.165, 1.54) is 12.8 Å². The molecular weight excluding hydrogens is 352 g/mol. The Morgan fingerprint density at radius 3 is 2.86 bits per heavy atom. The van der Waals surface area contributed by atoms with Crippen molar-refractivity contribution in [2.24, 2.45) is 0 Å². The molecule has 0 aromatic heterocycles. The van der Waals surface area contributed by atoms with E-state index in [2.05, 4.69) is 21.2 Å². The van der Waals surface area contributed by atoms with Crippen LogP contribution in [0.25, 0.3) is 0 Å². The molecular formula is C16H22BrClN2O. The Hall–Kier alpha value is -0.580. The number of nitrogens with zero attached hydrogens (tertiary/aromatic N) is 1. The molecule has 21 heavy (non-hydrogen) atoms. The summed E-state index contributed by atoms with van der Waals surface area (Å²) in [6, 6.07) is 5.94. The monoisotopic (exact) mass is 372 g/mol. The van der Waals surface area contributed by atoms with Crippen LogP contribution in [0.4, 0.5) is 0 Å². The first-order chi connectivity index (χ1) is 9.99. The van der Waals surface area contributed by atoms with Crippen LogP contribution in [0, 0.1) is 0 Å². The molecule has 0 aliphatic carbocycles. The fraction of sp³-hybridized carbons (Fsp3) is 0.562. The van der Waals surface area contributed by atoms with Gasteiger partial charge in [-0.3, -0.25) is 4.79 Å². The first kappa shape index (κ1) is 16.8. The van der Waals surface area contributed by atoms with Gasteiger partial charge in [-0.1, -0.05) is 34.0 Å². The Kier molecular flexibility index (Phi) is 6.08. The Bertz CT molecular complexity index is 501. The van der Waals surface area contributed by atoms with Gasteiger partial charge in [0.2, 0.25) is 0 Å². The number of rotatable bonds is 4. The number of benzene rings is 1. The lowest BCUT2D eigenvalue weighted by Gasteiger charge is -2.33. The van der Waals surface area contributed by atoms with Crippen molar-refractivity contribution in [1.29, 1.82) is 0 Å². The first-order valence-corrected chi connectivity index (χ1v) is 8.65. The molecule has 0 spiro atoms. The Morgan fingerprint density at radius 1 is 1.48 bits per heavy atom. The number of carbonyl (C=O) groups is 1. The van der Waals surface area contributed by atoms with Crippen molar-refractivity contribution in [3.05, 3.63) is 33.3 Å². The highest BCUT2D eigenvalue weighted by molar-refractivity contribution is 9.10. The molecule has 1 N–H and O–H groups in total. The van der Waals surface area contributed by atoms with E-state index in [1.54, 1.807) is 12.1 Å². The molecule has 1 aromatic rings. The zero-order valence-corrected chi connectivity index (χ0v) is 14.9. The first-order valence-electron chi connectivity index (χ1n) is 7.48. The van der Waals surface area contributed by atoms with Gasteiger partial charge in [0.15, 0.2) is 0 Å². The second-order valence-corrected chi connectivity index (χ2v) is 7.15. The maximum atomic E-state index is 12.8. The van der Waals surface area contributed by atoms with Gasteiger partial charge in [0.1, 0.15) is 0 Å². The molecule has 0 saturated carbocycles. The average Bonchev–Trinajstić information content (AvgIpc) is 2.47. The normalized spacial score (nSPS) is 18.8. The summed E-state index contributed by atoms with van der Waals surface area (Å²) in [7, 11) is 0. The second kappa shape index (κ2) is 7.61. The molecule has 1 aromatic carbocycles. The zero-order valence-electron chi connectivity index (χ0n) is 12.5. The molecule has 116 valence electrons. The highest BCUT2D eigenvalue weighted by Crippen LogP contribution is 2.23. The van der Waals surface area contributed by atoms with Crippen molar-refractivity contribution in [2.45, 2.75) is 45.2 Å². The maximum absolute atomic E-state index is 12.8. The maximum Gasteiger partial charge on any atom is 0.255 e. The van der Waals surface area contributed by atoms with Crippen LogP contribution in [0.5, 0.6) is 0 Å². The quantitative estimate of drug-likeness (QED) is 0.862. The van der Waals surface area contributed by atoms with Gasteiger partial charge in [0.05, 0.1) is 10.6 Å². The Morgan fingerprint density at radius 2 is 2.24 bits per heavy atom. The van der Waals surface area contributed by atoms with E-state index in [-0.39, 0.29) is 11.9 Å². The van der Waals surface area contributed by atoms with E-state index in [0.717, 1.165) is 24.0 Å². The predicted molar refractivity (Wildman–Crippen MR) is 91.0 cm³/mol. The van der Waals surface area contributed by atoms with Crippen molar-refractivity contribution in [3.63, 3.8) is 0 Å². The van der Waals surface area contributed by atoms with Crippen LogP contribution in [0.15, 0.2) is 22.7 Å². The van der Waals surface area contributed by atoms with Crippen molar-refractivity contribution in [2.75, 3.05) is 13.1 Å². The highest BCUT2D eigenvalue weighted by Gasteiger charge is 2.25. The predicted octanol–water partition coefficient (Wildman–Crippen LogP) is 4.10. The number of amides is 1. The van der Waals surface area contributed by atoms with E-state index in [1.807, 2.05) is 24.8 Å². The lowest BCUT2D eigenvalue weighted by atomic mass is 10.0. The van der Waals surface area contributed by atoms with Crippen LogP contribution in [0.3, 0.4) is 0 Å². The third-order valence-electron chi connectivity index (χ3n) is 3.87. The smallest absolute Gasteiger partial charge is 0.255 e. The molecule has 5 heteroatoms. The molecule has 1 aliphatic heterocycles. The number of hydrogen-bond donors (Lipinski definition) is 1. The minimum Gasteiger partial charge on any atom is -0.335 e. The van der Waals surface area contributed by atoms with Gasteiger partial charge < -0.3 is 10.2 Å². The number of nitrogens with one attached hydrogen (secondary N) is 1. The molecule has 1 atom stereocenters. The molecule has 1 fully saturated rings. The molecule has 1 unspecified atom stereocenters. The summed E-state index contributed by atoms with van der Waals surface area (Å²) in [5, 5.41) is 4.01. The van der Waals surface area contributed by atoms with Gasteiger partial charge in [0, 0.05) is 23.1 Å². The summed E-state index contributed by atoms with van der Waals surface area (Å²) in [5.74, 6) is 0.00340. The summed E-state index contributed by atoms with van der Waals surface area (Å²) >= 11 is 9.61. The van der Waals surface area contributed by atoms with Crippen LogP contribution < -0.4 is 5.32 Å². The molecule has 1 saturated heterocycles. The molecule has 0 bridgehead atoms. The Labute approximate surface area is 140 Å². The lowest BCUT2D eigenvalue weighted by Crippen LogP contribution is -2.48. The largest absolute Gasteiger partial charge is 0.335 e. The fourth-order valence-corrected chi connectivity index (χ4v) is 3.22. The summed E-state index contributed by atoms with van der Waals surface area (Å²) < 4.78 is 0.870. The standard InChI is InChI=1S/C16H22BrClN2O/c1-11(2)20(10-13-5-3-4-8-19-13)16(21)14-9-12(17)6-7-15(14)18/h6-7,9,11,13,19H,3-5,8,10H2,1-2H3. The third kappa shape index (κ3) is 4.44. The van der Waals surface area contributed by atoms with E-state index in [9.17, 15) is 4.79 Å². The zero-order chi connectivity index (χ0) is 15.4. The molecule has 2 rings (SSSR count). The molecule has 0 radical (unpaired) electrons. The van der Waals surface area contributed by atoms with Gasteiger partial charge in [-0.25, -0.2) is 0 Å². The Balaban J connectivity index is 2.16. The SMILES string of the molecule is CC(C)N(CC1CCCCN1)C(=O)c1cc(Br)ccc1Cl. The molecule has 1 heterocycles. The van der Waals surface area contributed by atoms with Crippen LogP contribution >= 0.6 is 27.5 Å². The van der Waals surface area contributed by atoms with Crippen LogP contribution in [0.1, 0.15) is 43.5 Å². The topological polar surface area (TPSA) is 32.3 Å². The molecule has 1 amide bonds. The average molecular weight is 374 g/mol. The second-order valence-electron chi connectivity index (χ2n) is 5.82. The van der Waals surface area contributed by atoms with Gasteiger partial charge in [-0.15, -0.1) is 0 Å². The highest BCUT2D eigenvalue weighted by atomic mass is 79.9. The van der Waals surface area contributed by atoms with E-state index < -0.39 is 0 Å². The van der Waals surface area contributed by atoms with E-state index in [0.29, 0.717) is 16.6 Å². The van der Waals surface area contributed by atoms with Crippen molar-refractivity contribution in [3.8, 4) is 0 Å². The minimum absolute atomic E-state index is 0.00340. The van der Waals surface area contributed by atoms with E-state index >= 15 is 0 Å². The molecule has 3 nitrogen and oxygen atoms in total. The fourth-order valence-electron chi connectivity index (χ4n) is 2.66.